The Morgan fingerprint density at radius 3 is 2.45 bits per heavy atom. The Morgan fingerprint density at radius 1 is 1.14 bits per heavy atom. The van der Waals surface area contributed by atoms with Crippen molar-refractivity contribution in [1.82, 2.24) is 9.80 Å². The van der Waals surface area contributed by atoms with Crippen LogP contribution in [0.25, 0.3) is 0 Å². The van der Waals surface area contributed by atoms with E-state index in [0.29, 0.717) is 19.2 Å². The number of phenolic OH excluding ortho intramolecular Hbond substituents is 1. The summed E-state index contributed by atoms with van der Waals surface area (Å²) >= 11 is 0. The van der Waals surface area contributed by atoms with Gasteiger partial charge in [0.2, 0.25) is 0 Å². The topological polar surface area (TPSA) is 72.9 Å². The molecule has 1 unspecified atom stereocenters. The number of benzene rings is 2. The molecule has 1 aliphatic heterocycles. The number of nitrogens with one attached hydrogen (secondary N) is 1. The molecular formula is C21H23F2N3O3. The summed E-state index contributed by atoms with van der Waals surface area (Å²) in [5, 5.41) is 12.8. The Hall–Kier alpha value is -3.00. The second kappa shape index (κ2) is 8.57. The fourth-order valence-electron chi connectivity index (χ4n) is 3.41. The van der Waals surface area contributed by atoms with Crippen molar-refractivity contribution in [3.63, 3.8) is 0 Å². The van der Waals surface area contributed by atoms with E-state index in [9.17, 15) is 23.5 Å². The maximum Gasteiger partial charge on any atom is 0.257 e. The normalized spacial score (nSPS) is 16.7. The van der Waals surface area contributed by atoms with Gasteiger partial charge in [-0.05, 0) is 51.2 Å². The van der Waals surface area contributed by atoms with E-state index in [0.717, 1.165) is 25.0 Å². The van der Waals surface area contributed by atoms with Gasteiger partial charge in [0.25, 0.3) is 11.8 Å². The first-order chi connectivity index (χ1) is 13.7. The van der Waals surface area contributed by atoms with Crippen LogP contribution < -0.4 is 5.32 Å². The molecule has 2 N–H and O–H groups in total. The average Bonchev–Trinajstić information content (AvgIpc) is 2.67. The van der Waals surface area contributed by atoms with Gasteiger partial charge in [0, 0.05) is 42.5 Å². The van der Waals surface area contributed by atoms with Crippen LogP contribution in [0.5, 0.6) is 5.75 Å². The molecule has 3 rings (SSSR count). The van der Waals surface area contributed by atoms with Crippen molar-refractivity contribution in [2.24, 2.45) is 0 Å². The van der Waals surface area contributed by atoms with Crippen molar-refractivity contribution < 1.29 is 23.5 Å². The molecule has 0 bridgehead atoms. The molecule has 1 saturated heterocycles. The maximum absolute atomic E-state index is 13.3. The standard InChI is InChI=1S/C21H23F2N3O3/c1-25(2)17-4-3-7-26(12-17)21(29)18-6-5-16(11-19(18)27)24-20(28)13-8-14(22)10-15(23)9-13/h5-6,8-11,17,27H,3-4,7,12H2,1-2H3,(H,24,28). The quantitative estimate of drug-likeness (QED) is 0.823. The van der Waals surface area contributed by atoms with Crippen molar-refractivity contribution in [1.29, 1.82) is 0 Å². The summed E-state index contributed by atoms with van der Waals surface area (Å²) in [6, 6.07) is 6.90. The number of nitrogens with zero attached hydrogens (tertiary/aromatic N) is 2. The molecule has 154 valence electrons. The van der Waals surface area contributed by atoms with Crippen LogP contribution in [0, 0.1) is 11.6 Å². The van der Waals surface area contributed by atoms with Crippen molar-refractivity contribution in [2.75, 3.05) is 32.5 Å². The van der Waals surface area contributed by atoms with Crippen LogP contribution in [-0.2, 0) is 0 Å². The highest BCUT2D eigenvalue weighted by molar-refractivity contribution is 6.05. The van der Waals surface area contributed by atoms with Gasteiger partial charge in [-0.3, -0.25) is 9.59 Å². The van der Waals surface area contributed by atoms with Crippen molar-refractivity contribution in [2.45, 2.75) is 18.9 Å². The predicted molar refractivity (Wildman–Crippen MR) is 105 cm³/mol. The summed E-state index contributed by atoms with van der Waals surface area (Å²) in [4.78, 5) is 28.8. The van der Waals surface area contributed by atoms with Crippen molar-refractivity contribution in [3.05, 3.63) is 59.2 Å². The number of halogens is 2. The first-order valence-electron chi connectivity index (χ1n) is 9.31. The van der Waals surface area contributed by atoms with Gasteiger partial charge >= 0.3 is 0 Å². The molecule has 0 spiro atoms. The zero-order valence-electron chi connectivity index (χ0n) is 16.3. The lowest BCUT2D eigenvalue weighted by molar-refractivity contribution is 0.0632. The van der Waals surface area contributed by atoms with E-state index in [-0.39, 0.29) is 34.5 Å². The van der Waals surface area contributed by atoms with Gasteiger partial charge in [-0.2, -0.15) is 0 Å². The van der Waals surface area contributed by atoms with Gasteiger partial charge in [0.1, 0.15) is 17.4 Å². The lowest BCUT2D eigenvalue weighted by atomic mass is 10.0. The molecule has 1 aliphatic rings. The highest BCUT2D eigenvalue weighted by atomic mass is 19.1. The first kappa shape index (κ1) is 20.7. The number of carbonyl (C=O) groups excluding carboxylic acids is 2. The monoisotopic (exact) mass is 403 g/mol. The lowest BCUT2D eigenvalue weighted by Crippen LogP contribution is -2.47. The highest BCUT2D eigenvalue weighted by Crippen LogP contribution is 2.26. The van der Waals surface area contributed by atoms with E-state index in [1.165, 1.54) is 18.2 Å². The molecule has 1 atom stereocenters. The zero-order valence-corrected chi connectivity index (χ0v) is 16.3. The number of amides is 2. The van der Waals surface area contributed by atoms with Crippen LogP contribution in [0.2, 0.25) is 0 Å². The van der Waals surface area contributed by atoms with Gasteiger partial charge < -0.3 is 20.2 Å². The molecule has 2 aromatic carbocycles. The minimum atomic E-state index is -0.864. The number of anilines is 1. The molecule has 29 heavy (non-hydrogen) atoms. The van der Waals surface area contributed by atoms with Crippen LogP contribution in [0.3, 0.4) is 0 Å². The Bertz CT molecular complexity index is 913. The molecule has 0 saturated carbocycles. The minimum absolute atomic E-state index is 0.138. The van der Waals surface area contributed by atoms with Gasteiger partial charge in [-0.25, -0.2) is 8.78 Å². The Labute approximate surface area is 167 Å². The number of carbonyl (C=O) groups is 2. The van der Waals surface area contributed by atoms with Gasteiger partial charge in [-0.15, -0.1) is 0 Å². The maximum atomic E-state index is 13.3. The summed E-state index contributed by atoms with van der Waals surface area (Å²) in [5.41, 5.74) is 0.155. The predicted octanol–water partition coefficient (Wildman–Crippen LogP) is 3.09. The molecule has 2 aromatic rings. The Morgan fingerprint density at radius 2 is 1.83 bits per heavy atom. The fourth-order valence-corrected chi connectivity index (χ4v) is 3.41. The largest absolute Gasteiger partial charge is 0.507 e. The number of hydrogen-bond acceptors (Lipinski definition) is 4. The van der Waals surface area contributed by atoms with E-state index < -0.39 is 17.5 Å². The van der Waals surface area contributed by atoms with E-state index in [1.54, 1.807) is 4.90 Å². The second-order valence-corrected chi connectivity index (χ2v) is 7.36. The second-order valence-electron chi connectivity index (χ2n) is 7.36. The molecule has 6 nitrogen and oxygen atoms in total. The number of hydrogen-bond donors (Lipinski definition) is 2. The summed E-state index contributed by atoms with van der Waals surface area (Å²) < 4.78 is 26.6. The molecule has 1 heterocycles. The van der Waals surface area contributed by atoms with Crippen LogP contribution in [0.15, 0.2) is 36.4 Å². The number of phenols is 1. The molecule has 2 amide bonds. The highest BCUT2D eigenvalue weighted by Gasteiger charge is 2.27. The van der Waals surface area contributed by atoms with Crippen LogP contribution in [-0.4, -0.2) is 59.9 Å². The minimum Gasteiger partial charge on any atom is -0.507 e. The zero-order chi connectivity index (χ0) is 21.1. The molecule has 0 radical (unpaired) electrons. The van der Waals surface area contributed by atoms with Crippen molar-refractivity contribution in [3.8, 4) is 5.75 Å². The SMILES string of the molecule is CN(C)C1CCCN(C(=O)c2ccc(NC(=O)c3cc(F)cc(F)c3)cc2O)C1. The summed E-state index contributed by atoms with van der Waals surface area (Å²) in [6.45, 7) is 1.20. The van der Waals surface area contributed by atoms with Crippen molar-refractivity contribution >= 4 is 17.5 Å². The van der Waals surface area contributed by atoms with E-state index in [4.69, 9.17) is 0 Å². The Balaban J connectivity index is 1.73. The van der Waals surface area contributed by atoms with E-state index >= 15 is 0 Å². The van der Waals surface area contributed by atoms with E-state index in [1.807, 2.05) is 14.1 Å². The van der Waals surface area contributed by atoms with Gasteiger partial charge in [0.15, 0.2) is 0 Å². The third-order valence-corrected chi connectivity index (χ3v) is 5.02. The molecule has 0 aromatic heterocycles. The van der Waals surface area contributed by atoms with Gasteiger partial charge in [-0.1, -0.05) is 0 Å². The number of likely N-dealkylation sites (tertiary alicyclic amines) is 1. The average molecular weight is 403 g/mol. The molecule has 8 heteroatoms. The fraction of sp³-hybridized carbons (Fsp3) is 0.333. The molecule has 1 fully saturated rings. The Kier molecular flexibility index (Phi) is 6.12. The number of rotatable bonds is 4. The third-order valence-electron chi connectivity index (χ3n) is 5.02. The van der Waals surface area contributed by atoms with Crippen LogP contribution in [0.4, 0.5) is 14.5 Å². The number of piperidine rings is 1. The summed E-state index contributed by atoms with van der Waals surface area (Å²) in [7, 11) is 3.94. The number of likely N-dealkylation sites (N-methyl/N-ethyl adjacent to an activating group) is 1. The smallest absolute Gasteiger partial charge is 0.257 e. The molecule has 0 aliphatic carbocycles. The first-order valence-corrected chi connectivity index (χ1v) is 9.31. The lowest BCUT2D eigenvalue weighted by Gasteiger charge is -2.36. The summed E-state index contributed by atoms with van der Waals surface area (Å²) in [6.07, 6.45) is 1.89. The van der Waals surface area contributed by atoms with E-state index in [2.05, 4.69) is 10.2 Å². The van der Waals surface area contributed by atoms with Crippen LogP contribution in [0.1, 0.15) is 33.6 Å². The summed E-state index contributed by atoms with van der Waals surface area (Å²) in [5.74, 6) is -3.01. The van der Waals surface area contributed by atoms with Gasteiger partial charge in [0.05, 0.1) is 5.56 Å². The number of aromatic hydroxyl groups is 1. The van der Waals surface area contributed by atoms with Crippen LogP contribution >= 0.6 is 0 Å². The molecular weight excluding hydrogens is 380 g/mol. The third kappa shape index (κ3) is 4.89.